The molecule has 1 unspecified atom stereocenters. The molecule has 31 heavy (non-hydrogen) atoms. The highest BCUT2D eigenvalue weighted by Crippen LogP contribution is 2.27. The van der Waals surface area contributed by atoms with Gasteiger partial charge in [-0.2, -0.15) is 0 Å². The number of halogens is 2. The van der Waals surface area contributed by atoms with Crippen LogP contribution in [0.3, 0.4) is 0 Å². The largest absolute Gasteiger partial charge is 0.331 e. The number of amides is 4. The highest BCUT2D eigenvalue weighted by Gasteiger charge is 2.46. The Bertz CT molecular complexity index is 1060. The summed E-state index contributed by atoms with van der Waals surface area (Å²) < 4.78 is 13.2. The summed E-state index contributed by atoms with van der Waals surface area (Å²) in [5, 5.41) is 4.81. The predicted molar refractivity (Wildman–Crippen MR) is 112 cm³/mol. The van der Waals surface area contributed by atoms with Crippen molar-refractivity contribution in [1.82, 2.24) is 20.2 Å². The third-order valence-corrected chi connectivity index (χ3v) is 5.18. The van der Waals surface area contributed by atoms with Crippen LogP contribution in [0.25, 0.3) is 0 Å². The van der Waals surface area contributed by atoms with Gasteiger partial charge in [0.15, 0.2) is 0 Å². The Balaban J connectivity index is 1.55. The van der Waals surface area contributed by atoms with E-state index in [1.165, 1.54) is 29.2 Å². The molecule has 1 fully saturated rings. The Morgan fingerprint density at radius 1 is 1.10 bits per heavy atom. The number of fused-ring (bicyclic) bond motifs is 1. The van der Waals surface area contributed by atoms with Crippen LogP contribution in [-0.2, 0) is 16.1 Å². The number of nitrogens with zero attached hydrogens (tertiary/aromatic N) is 3. The van der Waals surface area contributed by atoms with Gasteiger partial charge in [-0.1, -0.05) is 23.7 Å². The zero-order valence-electron chi connectivity index (χ0n) is 16.5. The van der Waals surface area contributed by atoms with Crippen LogP contribution >= 0.6 is 11.6 Å². The number of nitrogens with one attached hydrogen (secondary N) is 2. The number of anilines is 1. The molecule has 0 radical (unpaired) electrons. The maximum Gasteiger partial charge on any atom is 0.331 e. The number of hydrogen-bond acceptors (Lipinski definition) is 5. The standard InChI is InChI=1S/C21H19ClFN5O3/c1-26-11-17-19(25-26)20(30)28(10-13-2-6-15(23)7-3-13)21(31)27(17)12-18(29)24-16-8-4-14(22)5-9-16/h2-9,11,19,25H,10,12H2,1H3,(H,24,29). The zero-order chi connectivity index (χ0) is 22.1. The molecule has 4 rings (SSSR count). The van der Waals surface area contributed by atoms with Crippen molar-refractivity contribution in [2.24, 2.45) is 0 Å². The minimum atomic E-state index is -0.800. The van der Waals surface area contributed by atoms with Gasteiger partial charge in [0.1, 0.15) is 18.4 Å². The summed E-state index contributed by atoms with van der Waals surface area (Å²) in [6.45, 7) is -0.324. The number of imide groups is 1. The molecule has 0 aromatic heterocycles. The van der Waals surface area contributed by atoms with Gasteiger partial charge in [-0.15, -0.1) is 0 Å². The maximum atomic E-state index is 13.2. The second-order valence-corrected chi connectivity index (χ2v) is 7.64. The summed E-state index contributed by atoms with van der Waals surface area (Å²) in [5.74, 6) is -1.29. The van der Waals surface area contributed by atoms with Crippen molar-refractivity contribution >= 4 is 35.1 Å². The molecule has 1 saturated heterocycles. The average molecular weight is 444 g/mol. The number of hydrogen-bond donors (Lipinski definition) is 2. The molecule has 160 valence electrons. The lowest BCUT2D eigenvalue weighted by molar-refractivity contribution is -0.133. The fourth-order valence-corrected chi connectivity index (χ4v) is 3.57. The van der Waals surface area contributed by atoms with Crippen LogP contribution in [0.15, 0.2) is 60.4 Å². The molecular weight excluding hydrogens is 425 g/mol. The van der Waals surface area contributed by atoms with E-state index in [2.05, 4.69) is 10.7 Å². The topological polar surface area (TPSA) is 85.0 Å². The second-order valence-electron chi connectivity index (χ2n) is 7.20. The molecule has 4 amide bonds. The highest BCUT2D eigenvalue weighted by molar-refractivity contribution is 6.30. The Morgan fingerprint density at radius 2 is 1.77 bits per heavy atom. The molecule has 0 bridgehead atoms. The van der Waals surface area contributed by atoms with Crippen LogP contribution < -0.4 is 10.7 Å². The molecule has 2 aromatic carbocycles. The van der Waals surface area contributed by atoms with Crippen molar-refractivity contribution in [1.29, 1.82) is 0 Å². The molecule has 2 aromatic rings. The van der Waals surface area contributed by atoms with Gasteiger partial charge in [-0.3, -0.25) is 19.4 Å². The van der Waals surface area contributed by atoms with Gasteiger partial charge in [0.25, 0.3) is 5.91 Å². The molecule has 0 spiro atoms. The quantitative estimate of drug-likeness (QED) is 0.742. The van der Waals surface area contributed by atoms with Crippen LogP contribution in [0.4, 0.5) is 14.9 Å². The third kappa shape index (κ3) is 4.37. The van der Waals surface area contributed by atoms with Crippen molar-refractivity contribution in [3.63, 3.8) is 0 Å². The van der Waals surface area contributed by atoms with E-state index in [0.29, 0.717) is 22.0 Å². The fraction of sp³-hybridized carbons (Fsp3) is 0.190. The van der Waals surface area contributed by atoms with E-state index < -0.39 is 29.7 Å². The predicted octanol–water partition coefficient (Wildman–Crippen LogP) is 2.54. The van der Waals surface area contributed by atoms with E-state index in [-0.39, 0.29) is 13.1 Å². The monoisotopic (exact) mass is 443 g/mol. The Morgan fingerprint density at radius 3 is 2.45 bits per heavy atom. The highest BCUT2D eigenvalue weighted by atomic mass is 35.5. The van der Waals surface area contributed by atoms with Gasteiger partial charge >= 0.3 is 6.03 Å². The lowest BCUT2D eigenvalue weighted by Gasteiger charge is -2.37. The molecule has 8 nitrogen and oxygen atoms in total. The fourth-order valence-electron chi connectivity index (χ4n) is 3.45. The molecule has 10 heteroatoms. The molecule has 1 atom stereocenters. The van der Waals surface area contributed by atoms with Gasteiger partial charge in [0.2, 0.25) is 5.91 Å². The Hall–Kier alpha value is -3.43. The first kappa shape index (κ1) is 20.8. The van der Waals surface area contributed by atoms with E-state index in [0.717, 1.165) is 4.90 Å². The smallest absolute Gasteiger partial charge is 0.325 e. The normalized spacial score (nSPS) is 18.2. The molecule has 0 saturated carbocycles. The first-order valence-electron chi connectivity index (χ1n) is 9.45. The number of carbonyl (C=O) groups is 3. The van der Waals surface area contributed by atoms with Crippen molar-refractivity contribution in [3.8, 4) is 0 Å². The van der Waals surface area contributed by atoms with Crippen LogP contribution in [0.1, 0.15) is 5.56 Å². The summed E-state index contributed by atoms with van der Waals surface area (Å²) in [4.78, 5) is 41.0. The van der Waals surface area contributed by atoms with Crippen molar-refractivity contribution in [3.05, 3.63) is 76.8 Å². The molecule has 2 N–H and O–H groups in total. The maximum absolute atomic E-state index is 13.2. The van der Waals surface area contributed by atoms with Gasteiger partial charge in [0.05, 0.1) is 12.2 Å². The molecule has 2 heterocycles. The first-order chi connectivity index (χ1) is 14.8. The average Bonchev–Trinajstić information content (AvgIpc) is 3.13. The molecule has 2 aliphatic heterocycles. The van der Waals surface area contributed by atoms with Crippen LogP contribution in [0, 0.1) is 5.82 Å². The summed E-state index contributed by atoms with van der Waals surface area (Å²) in [5.41, 5.74) is 4.47. The molecule has 2 aliphatic rings. The number of urea groups is 1. The SMILES string of the molecule is CN1C=C2C(N1)C(=O)N(Cc1ccc(F)cc1)C(=O)N2CC(=O)Nc1ccc(Cl)cc1. The van der Waals surface area contributed by atoms with E-state index in [9.17, 15) is 18.8 Å². The van der Waals surface area contributed by atoms with E-state index in [4.69, 9.17) is 11.6 Å². The summed E-state index contributed by atoms with van der Waals surface area (Å²) >= 11 is 5.86. The summed E-state index contributed by atoms with van der Waals surface area (Å²) in [6, 6.07) is 10.7. The number of carbonyl (C=O) groups excluding carboxylic acids is 3. The number of rotatable bonds is 5. The van der Waals surface area contributed by atoms with Crippen LogP contribution in [0.5, 0.6) is 0 Å². The van der Waals surface area contributed by atoms with Crippen molar-refractivity contribution in [2.75, 3.05) is 18.9 Å². The zero-order valence-corrected chi connectivity index (χ0v) is 17.3. The Kier molecular flexibility index (Phi) is 5.62. The van der Waals surface area contributed by atoms with Crippen molar-refractivity contribution < 1.29 is 18.8 Å². The van der Waals surface area contributed by atoms with E-state index in [1.54, 1.807) is 42.5 Å². The molecular formula is C21H19ClFN5O3. The minimum Gasteiger partial charge on any atom is -0.325 e. The lowest BCUT2D eigenvalue weighted by Crippen LogP contribution is -2.60. The number of benzene rings is 2. The minimum absolute atomic E-state index is 0.0393. The molecule has 0 aliphatic carbocycles. The van der Waals surface area contributed by atoms with Gasteiger partial charge in [-0.05, 0) is 42.0 Å². The summed E-state index contributed by atoms with van der Waals surface area (Å²) in [6.07, 6.45) is 1.60. The van der Waals surface area contributed by atoms with E-state index in [1.807, 2.05) is 0 Å². The summed E-state index contributed by atoms with van der Waals surface area (Å²) in [7, 11) is 1.69. The van der Waals surface area contributed by atoms with Crippen molar-refractivity contribution in [2.45, 2.75) is 12.6 Å². The van der Waals surface area contributed by atoms with E-state index >= 15 is 0 Å². The number of hydrazine groups is 1. The van der Waals surface area contributed by atoms with Gasteiger partial charge in [0, 0.05) is 24.0 Å². The Labute approximate surface area is 182 Å². The van der Waals surface area contributed by atoms with Gasteiger partial charge < -0.3 is 10.3 Å². The van der Waals surface area contributed by atoms with Crippen LogP contribution in [0.2, 0.25) is 5.02 Å². The lowest BCUT2D eigenvalue weighted by atomic mass is 10.1. The van der Waals surface area contributed by atoms with Gasteiger partial charge in [-0.25, -0.2) is 14.6 Å². The first-order valence-corrected chi connectivity index (χ1v) is 9.83. The second kappa shape index (κ2) is 8.37. The van der Waals surface area contributed by atoms with Crippen LogP contribution in [-0.4, -0.2) is 52.3 Å². The third-order valence-electron chi connectivity index (χ3n) is 4.92.